The van der Waals surface area contributed by atoms with Crippen molar-refractivity contribution in [2.24, 2.45) is 11.8 Å². The fraction of sp³-hybridized carbons (Fsp3) is 0.395. The fourth-order valence-corrected chi connectivity index (χ4v) is 6.15. The number of anilines is 1. The number of oxazole rings is 1. The van der Waals surface area contributed by atoms with Crippen molar-refractivity contribution in [2.45, 2.75) is 64.7 Å². The van der Waals surface area contributed by atoms with Gasteiger partial charge in [0.1, 0.15) is 30.0 Å². The molecular formula is C38H43N5O9. The number of carbonyl (C=O) groups excluding carboxylic acids is 5. The molecule has 274 valence electrons. The van der Waals surface area contributed by atoms with E-state index >= 15 is 0 Å². The zero-order valence-electron chi connectivity index (χ0n) is 29.3. The lowest BCUT2D eigenvalue weighted by molar-refractivity contribution is -0.159. The average molecular weight is 714 g/mol. The van der Waals surface area contributed by atoms with Gasteiger partial charge in [-0.2, -0.15) is 0 Å². The molecule has 3 N–H and O–H groups in total. The van der Waals surface area contributed by atoms with Gasteiger partial charge < -0.3 is 29.2 Å². The van der Waals surface area contributed by atoms with Crippen LogP contribution in [0.3, 0.4) is 0 Å². The van der Waals surface area contributed by atoms with E-state index < -0.39 is 54.0 Å². The molecule has 5 atom stereocenters. The van der Waals surface area contributed by atoms with Crippen molar-refractivity contribution in [2.75, 3.05) is 25.0 Å². The Morgan fingerprint density at radius 1 is 1.17 bits per heavy atom. The molecule has 5 rings (SSSR count). The predicted molar refractivity (Wildman–Crippen MR) is 190 cm³/mol. The number of hydrogen-bond donors (Lipinski definition) is 3. The Morgan fingerprint density at radius 3 is 2.77 bits per heavy atom. The topological polar surface area (TPSA) is 190 Å². The summed E-state index contributed by atoms with van der Waals surface area (Å²) < 4.78 is 17.0. The summed E-state index contributed by atoms with van der Waals surface area (Å²) in [6.45, 7) is 5.61. The van der Waals surface area contributed by atoms with Crippen molar-refractivity contribution in [3.8, 4) is 0 Å². The van der Waals surface area contributed by atoms with Crippen LogP contribution in [0.15, 0.2) is 83.2 Å². The number of pyridine rings is 1. The third kappa shape index (κ3) is 10.2. The van der Waals surface area contributed by atoms with Crippen molar-refractivity contribution in [3.05, 3.63) is 90.3 Å². The van der Waals surface area contributed by atoms with Crippen LogP contribution in [0.4, 0.5) is 10.6 Å². The molecule has 4 heterocycles. The summed E-state index contributed by atoms with van der Waals surface area (Å²) in [5.74, 6) is -2.67. The van der Waals surface area contributed by atoms with Crippen LogP contribution in [0.25, 0.3) is 10.8 Å². The molecule has 0 unspecified atom stereocenters. The fourth-order valence-electron chi connectivity index (χ4n) is 6.15. The molecule has 3 aromatic rings. The Balaban J connectivity index is 1.32. The first-order valence-electron chi connectivity index (χ1n) is 17.2. The van der Waals surface area contributed by atoms with E-state index in [9.17, 15) is 29.1 Å². The number of nitrogens with one attached hydrogen (secondary N) is 2. The summed E-state index contributed by atoms with van der Waals surface area (Å²) in [6, 6.07) is 8.38. The minimum Gasteiger partial charge on any atom is -0.460 e. The van der Waals surface area contributed by atoms with Gasteiger partial charge in [-0.1, -0.05) is 68.0 Å². The quantitative estimate of drug-likeness (QED) is 0.327. The number of rotatable bonds is 4. The number of fused-ring (bicyclic) bond motifs is 4. The maximum atomic E-state index is 13.7. The molecule has 2 aliphatic heterocycles. The number of allylic oxidation sites excluding steroid dienone is 2. The lowest BCUT2D eigenvalue weighted by Crippen LogP contribution is -2.44. The summed E-state index contributed by atoms with van der Waals surface area (Å²) >= 11 is 0. The molecule has 0 saturated carbocycles. The number of esters is 1. The number of aliphatic hydroxyl groups is 1. The summed E-state index contributed by atoms with van der Waals surface area (Å²) in [4.78, 5) is 75.0. The van der Waals surface area contributed by atoms with Gasteiger partial charge in [-0.3, -0.25) is 19.7 Å². The van der Waals surface area contributed by atoms with Crippen LogP contribution < -0.4 is 10.6 Å². The van der Waals surface area contributed by atoms with E-state index in [0.717, 1.165) is 17.0 Å². The van der Waals surface area contributed by atoms with Gasteiger partial charge in [-0.05, 0) is 37.3 Å². The van der Waals surface area contributed by atoms with E-state index in [0.29, 0.717) is 24.2 Å². The zero-order valence-corrected chi connectivity index (χ0v) is 29.3. The first kappa shape index (κ1) is 37.6. The minimum absolute atomic E-state index is 0.0172. The van der Waals surface area contributed by atoms with E-state index in [1.54, 1.807) is 51.3 Å². The van der Waals surface area contributed by atoms with E-state index in [1.807, 2.05) is 24.3 Å². The Kier molecular flexibility index (Phi) is 12.7. The monoisotopic (exact) mass is 713 g/mol. The molecule has 1 fully saturated rings. The number of amides is 3. The zero-order chi connectivity index (χ0) is 37.2. The Morgan fingerprint density at radius 2 is 1.96 bits per heavy atom. The number of carbonyl (C=O) groups is 5. The summed E-state index contributed by atoms with van der Waals surface area (Å²) in [5.41, 5.74) is 0.624. The number of aliphatic hydroxyl groups excluding tert-OH is 1. The highest BCUT2D eigenvalue weighted by Gasteiger charge is 2.39. The molecule has 14 heteroatoms. The van der Waals surface area contributed by atoms with Gasteiger partial charge in [-0.25, -0.2) is 19.6 Å². The van der Waals surface area contributed by atoms with Crippen LogP contribution >= 0.6 is 0 Å². The van der Waals surface area contributed by atoms with Crippen LogP contribution in [0.5, 0.6) is 0 Å². The van der Waals surface area contributed by atoms with Crippen molar-refractivity contribution in [3.63, 3.8) is 0 Å². The lowest BCUT2D eigenvalue weighted by Gasteiger charge is -2.30. The van der Waals surface area contributed by atoms with Crippen molar-refractivity contribution in [1.29, 1.82) is 0 Å². The van der Waals surface area contributed by atoms with E-state index in [4.69, 9.17) is 13.9 Å². The smallest absolute Gasteiger partial charge is 0.412 e. The van der Waals surface area contributed by atoms with Gasteiger partial charge in [0, 0.05) is 42.9 Å². The highest BCUT2D eigenvalue weighted by atomic mass is 16.6. The van der Waals surface area contributed by atoms with Crippen LogP contribution in [0.2, 0.25) is 0 Å². The SMILES string of the molecule is CC1=C[C@@H](O)CC(=O)Cc2nc(co2)C(=O)N2CCC[C@@H]2C(=O)O[C@H]([C@@H](C)COC(=O)Nc2cc3ccccc3cn2)[C@H](C)/C=C/C(=O)NCC=C1. The summed E-state index contributed by atoms with van der Waals surface area (Å²) in [5, 5.41) is 17.6. The van der Waals surface area contributed by atoms with Crippen molar-refractivity contribution < 1.29 is 43.0 Å². The van der Waals surface area contributed by atoms with Gasteiger partial charge >= 0.3 is 12.1 Å². The van der Waals surface area contributed by atoms with Crippen LogP contribution in [-0.4, -0.2) is 87.6 Å². The molecule has 0 spiro atoms. The van der Waals surface area contributed by atoms with Gasteiger partial charge in [0.25, 0.3) is 5.91 Å². The molecule has 14 nitrogen and oxygen atoms in total. The van der Waals surface area contributed by atoms with Crippen molar-refractivity contribution in [1.82, 2.24) is 20.2 Å². The maximum Gasteiger partial charge on any atom is 0.412 e. The van der Waals surface area contributed by atoms with Gasteiger partial charge in [0.15, 0.2) is 5.69 Å². The summed E-state index contributed by atoms with van der Waals surface area (Å²) in [7, 11) is 0. The van der Waals surface area contributed by atoms with Gasteiger partial charge in [0.2, 0.25) is 11.8 Å². The molecule has 3 amide bonds. The number of Topliss-reactive ketones (excluding diaryl/α,β-unsaturated/α-hetero) is 1. The standard InChI is InChI=1S/C38H43N5O9/c1-23-8-6-14-39-33(46)13-12-24(2)35(25(3)21-51-38(49)42-32-17-26-9-4-5-10-27(26)20-40-32)52-37(48)31-11-7-15-43(31)36(47)30-22-50-34(41-30)19-29(45)18-28(44)16-23/h4-6,8-10,12-13,16-17,20,22,24-25,28,31,35,44H,7,11,14-15,18-19,21H2,1-3H3,(H,39,46)(H,40,42,49)/b8-6?,13-12+,23-16?/t24-,25+,28-,31-,35+/m1/s1. The van der Waals surface area contributed by atoms with Gasteiger partial charge in [0.05, 0.1) is 19.1 Å². The maximum absolute atomic E-state index is 13.7. The van der Waals surface area contributed by atoms with Gasteiger partial charge in [-0.15, -0.1) is 0 Å². The molecule has 1 saturated heterocycles. The number of nitrogens with zero attached hydrogens (tertiary/aromatic N) is 3. The first-order chi connectivity index (χ1) is 25.0. The second kappa shape index (κ2) is 17.5. The summed E-state index contributed by atoms with van der Waals surface area (Å²) in [6.07, 6.45) is 8.48. The highest BCUT2D eigenvalue weighted by Crippen LogP contribution is 2.26. The van der Waals surface area contributed by atoms with Crippen LogP contribution in [-0.2, 0) is 30.3 Å². The highest BCUT2D eigenvalue weighted by molar-refractivity contribution is 5.95. The number of ketones is 1. The molecular weight excluding hydrogens is 670 g/mol. The molecule has 2 aliphatic rings. The molecule has 52 heavy (non-hydrogen) atoms. The second-order valence-electron chi connectivity index (χ2n) is 13.1. The Hall–Kier alpha value is -5.63. The Labute approximate surface area is 301 Å². The number of benzene rings is 1. The van der Waals surface area contributed by atoms with Crippen LogP contribution in [0, 0.1) is 11.8 Å². The number of ether oxygens (including phenoxy) is 2. The number of hydrogen-bond acceptors (Lipinski definition) is 11. The second-order valence-corrected chi connectivity index (χ2v) is 13.1. The minimum atomic E-state index is -1.05. The third-order valence-corrected chi connectivity index (χ3v) is 8.79. The van der Waals surface area contributed by atoms with Crippen molar-refractivity contribution >= 4 is 46.3 Å². The molecule has 0 radical (unpaired) electrons. The normalized spacial score (nSPS) is 23.6. The van der Waals surface area contributed by atoms with E-state index in [-0.39, 0.29) is 49.9 Å². The largest absolute Gasteiger partial charge is 0.460 e. The lowest BCUT2D eigenvalue weighted by atomic mass is 9.93. The first-order valence-corrected chi connectivity index (χ1v) is 17.2. The van der Waals surface area contributed by atoms with Crippen LogP contribution in [0.1, 0.15) is 56.4 Å². The average Bonchev–Trinajstić information content (AvgIpc) is 3.80. The molecule has 1 aromatic carbocycles. The van der Waals surface area contributed by atoms with E-state index in [1.165, 1.54) is 17.1 Å². The molecule has 2 aromatic heterocycles. The predicted octanol–water partition coefficient (Wildman–Crippen LogP) is 4.31. The number of aromatic nitrogens is 2. The Bertz CT molecular complexity index is 1880. The van der Waals surface area contributed by atoms with E-state index in [2.05, 4.69) is 20.6 Å². The third-order valence-electron chi connectivity index (χ3n) is 8.79. The number of cyclic esters (lactones) is 1. The molecule has 2 bridgehead atoms. The molecule has 0 aliphatic carbocycles.